The van der Waals surface area contributed by atoms with Gasteiger partial charge < -0.3 is 0 Å². The maximum atomic E-state index is 5.27. The molecule has 1 nitrogen and oxygen atoms in total. The molecule has 0 atom stereocenters. The van der Waals surface area contributed by atoms with Gasteiger partial charge >= 0.3 is 0 Å². The number of rotatable bonds is 1. The van der Waals surface area contributed by atoms with Gasteiger partial charge in [0, 0.05) is 11.8 Å². The van der Waals surface area contributed by atoms with Crippen LogP contribution in [0.5, 0.6) is 0 Å². The van der Waals surface area contributed by atoms with Crippen LogP contribution in [0.2, 0.25) is 0 Å². The number of nitrogens with zero attached hydrogens (tertiary/aromatic N) is 1. The molecule has 0 N–H and O–H groups in total. The zero-order valence-corrected chi connectivity index (χ0v) is 9.08. The second kappa shape index (κ2) is 3.81. The van der Waals surface area contributed by atoms with E-state index in [1.807, 2.05) is 24.3 Å². The molecule has 0 aliphatic carbocycles. The first-order chi connectivity index (χ1) is 6.81. The van der Waals surface area contributed by atoms with E-state index < -0.39 is 0 Å². The van der Waals surface area contributed by atoms with E-state index in [4.69, 9.17) is 6.42 Å². The molecule has 0 radical (unpaired) electrons. The molecule has 14 heavy (non-hydrogen) atoms. The molecule has 0 bridgehead atoms. The predicted molar refractivity (Wildman–Crippen MR) is 62.0 cm³/mol. The normalized spacial score (nSPS) is 10.0. The number of terminal acetylenes is 1. The third-order valence-electron chi connectivity index (χ3n) is 2.04. The molecule has 2 heteroatoms. The number of aromatic nitrogens is 1. The monoisotopic (exact) mass is 245 g/mol. The van der Waals surface area contributed by atoms with Crippen LogP contribution in [0.4, 0.5) is 0 Å². The minimum absolute atomic E-state index is 0.610. The summed E-state index contributed by atoms with van der Waals surface area (Å²) in [6.45, 7) is 0. The van der Waals surface area contributed by atoms with Crippen LogP contribution in [0.15, 0.2) is 34.9 Å². The van der Waals surface area contributed by atoms with Crippen molar-refractivity contribution in [3.05, 3.63) is 40.5 Å². The zero-order chi connectivity index (χ0) is 9.97. The number of halogens is 1. The van der Waals surface area contributed by atoms with Crippen LogP contribution in [0, 0.1) is 12.3 Å². The highest BCUT2D eigenvalue weighted by Crippen LogP contribution is 2.20. The topological polar surface area (TPSA) is 12.9 Å². The molecule has 0 amide bonds. The lowest BCUT2D eigenvalue weighted by Gasteiger charge is -2.02. The highest BCUT2D eigenvalue weighted by molar-refractivity contribution is 9.10. The van der Waals surface area contributed by atoms with Gasteiger partial charge in [-0.05, 0) is 33.6 Å². The van der Waals surface area contributed by atoms with E-state index in [0.717, 1.165) is 21.1 Å². The third-order valence-corrected chi connectivity index (χ3v) is 2.73. The van der Waals surface area contributed by atoms with Gasteiger partial charge in [-0.1, -0.05) is 18.2 Å². The summed E-state index contributed by atoms with van der Waals surface area (Å²) in [7, 11) is 0. The Morgan fingerprint density at radius 1 is 1.36 bits per heavy atom. The maximum absolute atomic E-state index is 5.27. The fraction of sp³-hybridized carbons (Fsp3) is 0.0833. The second-order valence-corrected chi connectivity index (χ2v) is 3.76. The first kappa shape index (κ1) is 9.23. The van der Waals surface area contributed by atoms with Gasteiger partial charge in [0.1, 0.15) is 4.60 Å². The van der Waals surface area contributed by atoms with Crippen LogP contribution < -0.4 is 0 Å². The molecule has 2 aromatic rings. The molecule has 1 aromatic heterocycles. The second-order valence-electron chi connectivity index (χ2n) is 3.01. The predicted octanol–water partition coefficient (Wildman–Crippen LogP) is 3.17. The van der Waals surface area contributed by atoms with Crippen molar-refractivity contribution in [2.24, 2.45) is 0 Å². The summed E-state index contributed by atoms with van der Waals surface area (Å²) in [6, 6.07) is 10.1. The first-order valence-corrected chi connectivity index (χ1v) is 5.08. The molecule has 68 valence electrons. The van der Waals surface area contributed by atoms with Gasteiger partial charge in [0.25, 0.3) is 0 Å². The van der Waals surface area contributed by atoms with Crippen molar-refractivity contribution in [2.45, 2.75) is 6.42 Å². The summed E-state index contributed by atoms with van der Waals surface area (Å²) in [6.07, 6.45) is 5.88. The molecular formula is C12H8BrN. The number of para-hydroxylation sites is 1. The minimum atomic E-state index is 0.610. The molecule has 1 aromatic carbocycles. The lowest BCUT2D eigenvalue weighted by Crippen LogP contribution is -1.88. The Morgan fingerprint density at radius 2 is 2.14 bits per heavy atom. The lowest BCUT2D eigenvalue weighted by atomic mass is 10.1. The number of fused-ring (bicyclic) bond motifs is 1. The molecule has 0 unspecified atom stereocenters. The molecule has 1 heterocycles. The van der Waals surface area contributed by atoms with Crippen LogP contribution in [-0.4, -0.2) is 4.98 Å². The molecular weight excluding hydrogens is 238 g/mol. The van der Waals surface area contributed by atoms with Crippen LogP contribution in [0.1, 0.15) is 5.56 Å². The summed E-state index contributed by atoms with van der Waals surface area (Å²) >= 11 is 3.41. The summed E-state index contributed by atoms with van der Waals surface area (Å²) in [4.78, 5) is 4.42. The standard InChI is InChI=1S/C12H8BrN/c1-2-5-10-8-9-6-3-4-7-11(9)14-12(10)13/h1,3-4,6-8H,5H2. The number of benzene rings is 1. The fourth-order valence-corrected chi connectivity index (χ4v) is 1.82. The average Bonchev–Trinajstić information content (AvgIpc) is 2.19. The van der Waals surface area contributed by atoms with Crippen LogP contribution in [-0.2, 0) is 6.42 Å². The Hall–Kier alpha value is -1.33. The van der Waals surface area contributed by atoms with Crippen LogP contribution >= 0.6 is 15.9 Å². The molecule has 0 aliphatic heterocycles. The van der Waals surface area contributed by atoms with Crippen molar-refractivity contribution in [3.63, 3.8) is 0 Å². The molecule has 0 fully saturated rings. The van der Waals surface area contributed by atoms with E-state index in [1.54, 1.807) is 0 Å². The van der Waals surface area contributed by atoms with Crippen LogP contribution in [0.25, 0.3) is 10.9 Å². The van der Waals surface area contributed by atoms with Crippen molar-refractivity contribution in [2.75, 3.05) is 0 Å². The van der Waals surface area contributed by atoms with Gasteiger partial charge in [-0.3, -0.25) is 0 Å². The van der Waals surface area contributed by atoms with Crippen molar-refractivity contribution in [3.8, 4) is 12.3 Å². The summed E-state index contributed by atoms with van der Waals surface area (Å²) in [5.74, 6) is 2.62. The quantitative estimate of drug-likeness (QED) is 0.556. The lowest BCUT2D eigenvalue weighted by molar-refractivity contribution is 1.21. The van der Waals surface area contributed by atoms with E-state index in [1.165, 1.54) is 0 Å². The van der Waals surface area contributed by atoms with E-state index in [0.29, 0.717) is 6.42 Å². The highest BCUT2D eigenvalue weighted by Gasteiger charge is 2.02. The zero-order valence-electron chi connectivity index (χ0n) is 7.50. The molecule has 0 aliphatic rings. The van der Waals surface area contributed by atoms with Gasteiger partial charge in [0.15, 0.2) is 0 Å². The molecule has 2 rings (SSSR count). The Morgan fingerprint density at radius 3 is 2.93 bits per heavy atom. The Balaban J connectivity index is 2.66. The molecule has 0 saturated heterocycles. The van der Waals surface area contributed by atoms with Crippen molar-refractivity contribution < 1.29 is 0 Å². The Bertz CT molecular complexity index is 511. The maximum Gasteiger partial charge on any atom is 0.110 e. The van der Waals surface area contributed by atoms with Crippen molar-refractivity contribution in [1.82, 2.24) is 4.98 Å². The van der Waals surface area contributed by atoms with Gasteiger partial charge in [0.2, 0.25) is 0 Å². The Kier molecular flexibility index (Phi) is 2.51. The third kappa shape index (κ3) is 1.64. The van der Waals surface area contributed by atoms with E-state index in [2.05, 4.69) is 32.9 Å². The van der Waals surface area contributed by atoms with Gasteiger partial charge in [-0.2, -0.15) is 0 Å². The number of pyridine rings is 1. The number of hydrogen-bond donors (Lipinski definition) is 0. The van der Waals surface area contributed by atoms with Gasteiger partial charge in [0.05, 0.1) is 5.52 Å². The smallest absolute Gasteiger partial charge is 0.110 e. The minimum Gasteiger partial charge on any atom is -0.241 e. The SMILES string of the molecule is C#CCc1cc2ccccc2nc1Br. The van der Waals surface area contributed by atoms with Gasteiger partial charge in [-0.25, -0.2) is 4.98 Å². The summed E-state index contributed by atoms with van der Waals surface area (Å²) in [5, 5.41) is 1.13. The van der Waals surface area contributed by atoms with Crippen molar-refractivity contribution in [1.29, 1.82) is 0 Å². The fourth-order valence-electron chi connectivity index (χ4n) is 1.37. The molecule has 0 saturated carbocycles. The van der Waals surface area contributed by atoms with Crippen molar-refractivity contribution >= 4 is 26.8 Å². The summed E-state index contributed by atoms with van der Waals surface area (Å²) < 4.78 is 0.842. The van der Waals surface area contributed by atoms with Crippen LogP contribution in [0.3, 0.4) is 0 Å². The largest absolute Gasteiger partial charge is 0.241 e. The van der Waals surface area contributed by atoms with E-state index in [-0.39, 0.29) is 0 Å². The Labute approximate surface area is 91.3 Å². The van der Waals surface area contributed by atoms with E-state index >= 15 is 0 Å². The number of hydrogen-bond acceptors (Lipinski definition) is 1. The van der Waals surface area contributed by atoms with E-state index in [9.17, 15) is 0 Å². The first-order valence-electron chi connectivity index (χ1n) is 4.29. The molecule has 0 spiro atoms. The summed E-state index contributed by atoms with van der Waals surface area (Å²) in [5.41, 5.74) is 2.05. The highest BCUT2D eigenvalue weighted by atomic mass is 79.9. The van der Waals surface area contributed by atoms with Gasteiger partial charge in [-0.15, -0.1) is 12.3 Å². The average molecular weight is 246 g/mol.